The summed E-state index contributed by atoms with van der Waals surface area (Å²) in [5, 5.41) is 0.626. The maximum atomic E-state index is 13.1. The van der Waals surface area contributed by atoms with E-state index in [9.17, 15) is 13.2 Å². The normalized spacial score (nSPS) is 14.0. The van der Waals surface area contributed by atoms with Gasteiger partial charge in [0.2, 0.25) is 0 Å². The molecule has 0 amide bonds. The number of rotatable bonds is 6. The minimum atomic E-state index is -4.34. The Morgan fingerprint density at radius 1 is 1.10 bits per heavy atom. The van der Waals surface area contributed by atoms with Gasteiger partial charge in [-0.3, -0.25) is 0 Å². The fraction of sp³-hybridized carbons (Fsp3) is 0.333. The number of aromatic amines is 1. The monoisotopic (exact) mass is 400 g/mol. The van der Waals surface area contributed by atoms with Gasteiger partial charge in [-0.15, -0.1) is 0 Å². The van der Waals surface area contributed by atoms with Crippen molar-refractivity contribution in [3.63, 3.8) is 0 Å². The second kappa shape index (κ2) is 8.46. The third-order valence-electron chi connectivity index (χ3n) is 5.48. The highest BCUT2D eigenvalue weighted by Crippen LogP contribution is 2.35. The Bertz CT molecular complexity index is 998. The zero-order valence-corrected chi connectivity index (χ0v) is 17.3. The van der Waals surface area contributed by atoms with E-state index in [1.807, 2.05) is 25.1 Å². The predicted molar refractivity (Wildman–Crippen MR) is 114 cm³/mol. The predicted octanol–water partition coefficient (Wildman–Crippen LogP) is 6.98. The second-order valence-electron chi connectivity index (χ2n) is 7.59. The lowest BCUT2D eigenvalue weighted by atomic mass is 9.98. The van der Waals surface area contributed by atoms with Crippen LogP contribution >= 0.6 is 0 Å². The van der Waals surface area contributed by atoms with Gasteiger partial charge in [-0.1, -0.05) is 43.3 Å². The largest absolute Gasteiger partial charge is 0.416 e. The van der Waals surface area contributed by atoms with Crippen molar-refractivity contribution in [1.29, 1.82) is 0 Å². The van der Waals surface area contributed by atoms with E-state index in [2.05, 4.69) is 49.1 Å². The van der Waals surface area contributed by atoms with Gasteiger partial charge in [-0.25, -0.2) is 0 Å². The zero-order chi connectivity index (χ0) is 21.2. The van der Waals surface area contributed by atoms with Crippen molar-refractivity contribution >= 4 is 16.5 Å². The summed E-state index contributed by atoms with van der Waals surface area (Å²) in [6, 6.07) is 14.5. The average Bonchev–Trinajstić information content (AvgIpc) is 3.01. The van der Waals surface area contributed by atoms with Crippen LogP contribution in [0.25, 0.3) is 16.5 Å². The molecule has 0 fully saturated rings. The number of benzene rings is 2. The van der Waals surface area contributed by atoms with Crippen molar-refractivity contribution in [2.75, 3.05) is 14.1 Å². The molecule has 3 aromatic rings. The summed E-state index contributed by atoms with van der Waals surface area (Å²) in [7, 11) is 4.12. The van der Waals surface area contributed by atoms with Gasteiger partial charge in [-0.05, 0) is 68.8 Å². The molecular weight excluding hydrogens is 373 g/mol. The highest BCUT2D eigenvalue weighted by atomic mass is 19.4. The van der Waals surface area contributed by atoms with Crippen LogP contribution in [0.4, 0.5) is 13.2 Å². The molecule has 0 aliphatic carbocycles. The molecule has 0 aliphatic rings. The number of nitrogens with one attached hydrogen (secondary N) is 1. The summed E-state index contributed by atoms with van der Waals surface area (Å²) < 4.78 is 39.3. The number of hydrogen-bond donors (Lipinski definition) is 1. The first kappa shape index (κ1) is 21.2. The average molecular weight is 400 g/mol. The molecule has 0 radical (unpaired) electrons. The summed E-state index contributed by atoms with van der Waals surface area (Å²) in [6.07, 6.45) is -0.506. The SMILES string of the molecule is CCC(=CCC(c1ccccc1)N(C)C)c1[nH]c2ccc(C(F)(F)F)cc2c1C. The summed E-state index contributed by atoms with van der Waals surface area (Å²) in [4.78, 5) is 5.52. The lowest BCUT2D eigenvalue weighted by molar-refractivity contribution is -0.137. The molecule has 5 heteroatoms. The molecule has 2 aromatic carbocycles. The van der Waals surface area contributed by atoms with Gasteiger partial charge < -0.3 is 9.88 Å². The van der Waals surface area contributed by atoms with Crippen molar-refractivity contribution in [2.45, 2.75) is 38.9 Å². The van der Waals surface area contributed by atoms with E-state index >= 15 is 0 Å². The number of fused-ring (bicyclic) bond motifs is 1. The maximum Gasteiger partial charge on any atom is 0.416 e. The highest BCUT2D eigenvalue weighted by Gasteiger charge is 2.31. The Hall–Kier alpha value is -2.53. The molecule has 0 spiro atoms. The van der Waals surface area contributed by atoms with Crippen LogP contribution < -0.4 is 0 Å². The Labute approximate surface area is 170 Å². The van der Waals surface area contributed by atoms with E-state index in [1.165, 1.54) is 17.7 Å². The van der Waals surface area contributed by atoms with Crippen molar-refractivity contribution in [3.05, 3.63) is 77.0 Å². The third-order valence-corrected chi connectivity index (χ3v) is 5.48. The molecule has 0 bridgehead atoms. The Kier molecular flexibility index (Phi) is 6.18. The number of nitrogens with zero attached hydrogens (tertiary/aromatic N) is 1. The zero-order valence-electron chi connectivity index (χ0n) is 17.3. The lowest BCUT2D eigenvalue weighted by Gasteiger charge is -2.24. The minimum absolute atomic E-state index is 0.235. The van der Waals surface area contributed by atoms with Crippen LogP contribution in [-0.4, -0.2) is 24.0 Å². The summed E-state index contributed by atoms with van der Waals surface area (Å²) in [5.74, 6) is 0. The van der Waals surface area contributed by atoms with Crippen LogP contribution in [0.1, 0.15) is 48.2 Å². The van der Waals surface area contributed by atoms with Crippen LogP contribution in [0.15, 0.2) is 54.6 Å². The van der Waals surface area contributed by atoms with Gasteiger partial charge in [0.15, 0.2) is 0 Å². The molecule has 1 aromatic heterocycles. The Morgan fingerprint density at radius 2 is 1.79 bits per heavy atom. The van der Waals surface area contributed by atoms with Crippen LogP contribution in [0.3, 0.4) is 0 Å². The Balaban J connectivity index is 1.96. The van der Waals surface area contributed by atoms with E-state index in [0.717, 1.165) is 41.3 Å². The highest BCUT2D eigenvalue weighted by molar-refractivity contribution is 5.89. The van der Waals surface area contributed by atoms with Crippen LogP contribution in [0.2, 0.25) is 0 Å². The third kappa shape index (κ3) is 4.56. The molecular formula is C24H27F3N2. The fourth-order valence-corrected chi connectivity index (χ4v) is 3.82. The molecule has 0 saturated heterocycles. The summed E-state index contributed by atoms with van der Waals surface area (Å²) in [5.41, 5.74) is 4.27. The van der Waals surface area contributed by atoms with E-state index in [-0.39, 0.29) is 6.04 Å². The molecule has 154 valence electrons. The van der Waals surface area contributed by atoms with Gasteiger partial charge in [0.05, 0.1) is 5.56 Å². The Morgan fingerprint density at radius 3 is 2.38 bits per heavy atom. The maximum absolute atomic E-state index is 13.1. The molecule has 0 aliphatic heterocycles. The molecule has 1 heterocycles. The van der Waals surface area contributed by atoms with Gasteiger partial charge >= 0.3 is 6.18 Å². The molecule has 2 nitrogen and oxygen atoms in total. The van der Waals surface area contributed by atoms with Gasteiger partial charge in [0.1, 0.15) is 0 Å². The molecule has 1 atom stereocenters. The minimum Gasteiger partial charge on any atom is -0.355 e. The molecule has 3 rings (SSSR count). The first-order valence-electron chi connectivity index (χ1n) is 9.82. The number of aryl methyl sites for hydroxylation is 1. The topological polar surface area (TPSA) is 19.0 Å². The number of aromatic nitrogens is 1. The van der Waals surface area contributed by atoms with Crippen LogP contribution in [-0.2, 0) is 6.18 Å². The first-order valence-corrected chi connectivity index (χ1v) is 9.82. The summed E-state index contributed by atoms with van der Waals surface area (Å²) >= 11 is 0. The van der Waals surface area contributed by atoms with Crippen molar-refractivity contribution in [3.8, 4) is 0 Å². The van der Waals surface area contributed by atoms with Crippen molar-refractivity contribution in [2.24, 2.45) is 0 Å². The standard InChI is InChI=1S/C24H27F3N2/c1-5-17(11-14-22(29(3)4)18-9-7-6-8-10-18)23-16(2)20-15-19(24(25,26)27)12-13-21(20)28-23/h6-13,15,22,28H,5,14H2,1-4H3. The first-order chi connectivity index (χ1) is 13.7. The van der Waals surface area contributed by atoms with Gasteiger partial charge in [0.25, 0.3) is 0 Å². The quantitative estimate of drug-likeness (QED) is 0.473. The van der Waals surface area contributed by atoms with Crippen molar-refractivity contribution < 1.29 is 13.2 Å². The molecule has 1 N–H and O–H groups in total. The van der Waals surface area contributed by atoms with E-state index in [0.29, 0.717) is 5.39 Å². The number of H-pyrrole nitrogens is 1. The van der Waals surface area contributed by atoms with E-state index < -0.39 is 11.7 Å². The van der Waals surface area contributed by atoms with E-state index in [1.54, 1.807) is 0 Å². The van der Waals surface area contributed by atoms with E-state index in [4.69, 9.17) is 0 Å². The molecule has 1 unspecified atom stereocenters. The van der Waals surface area contributed by atoms with Gasteiger partial charge in [-0.2, -0.15) is 13.2 Å². The lowest BCUT2D eigenvalue weighted by Crippen LogP contribution is -2.19. The summed E-state index contributed by atoms with van der Waals surface area (Å²) in [6.45, 7) is 3.96. The molecule has 29 heavy (non-hydrogen) atoms. The molecule has 0 saturated carbocycles. The second-order valence-corrected chi connectivity index (χ2v) is 7.59. The van der Waals surface area contributed by atoms with Crippen LogP contribution in [0, 0.1) is 6.92 Å². The number of hydrogen-bond acceptors (Lipinski definition) is 1. The van der Waals surface area contributed by atoms with Gasteiger partial charge in [0, 0.05) is 22.6 Å². The number of halogens is 3. The van der Waals surface area contributed by atoms with Crippen molar-refractivity contribution in [1.82, 2.24) is 9.88 Å². The fourth-order valence-electron chi connectivity index (χ4n) is 3.82. The number of alkyl halides is 3. The smallest absolute Gasteiger partial charge is 0.355 e. The number of allylic oxidation sites excluding steroid dienone is 1. The van der Waals surface area contributed by atoms with Crippen LogP contribution in [0.5, 0.6) is 0 Å².